The number of aromatic amines is 1. The molecule has 1 aromatic carbocycles. The van der Waals surface area contributed by atoms with Crippen molar-refractivity contribution in [1.82, 2.24) is 9.97 Å². The van der Waals surface area contributed by atoms with Crippen molar-refractivity contribution in [3.8, 4) is 0 Å². The van der Waals surface area contributed by atoms with Gasteiger partial charge in [-0.15, -0.1) is 0 Å². The summed E-state index contributed by atoms with van der Waals surface area (Å²) >= 11 is 0. The second-order valence-corrected chi connectivity index (χ2v) is 6.34. The molecule has 0 saturated carbocycles. The molecule has 0 amide bonds. The Bertz CT molecular complexity index is 753. The van der Waals surface area contributed by atoms with E-state index in [2.05, 4.69) is 44.1 Å². The average molecular weight is 307 g/mol. The Balaban J connectivity index is 1.53. The van der Waals surface area contributed by atoms with Crippen molar-refractivity contribution in [3.05, 3.63) is 41.3 Å². The van der Waals surface area contributed by atoms with Crippen LogP contribution in [0.4, 0.5) is 11.5 Å². The molecule has 1 fully saturated rings. The van der Waals surface area contributed by atoms with Gasteiger partial charge in [-0.25, -0.2) is 9.98 Å². The van der Waals surface area contributed by atoms with Crippen molar-refractivity contribution in [2.75, 3.05) is 18.0 Å². The Labute approximate surface area is 136 Å². The molecule has 2 aromatic rings. The highest BCUT2D eigenvalue weighted by atomic mass is 15.1. The van der Waals surface area contributed by atoms with Crippen LogP contribution in [0, 0.1) is 5.41 Å². The quantitative estimate of drug-likeness (QED) is 0.914. The number of benzene rings is 1. The van der Waals surface area contributed by atoms with Gasteiger partial charge in [-0.1, -0.05) is 12.1 Å². The van der Waals surface area contributed by atoms with E-state index >= 15 is 0 Å². The number of aromatic nitrogens is 2. The molecule has 4 rings (SSSR count). The molecule has 0 radical (unpaired) electrons. The first kappa shape index (κ1) is 14.2. The summed E-state index contributed by atoms with van der Waals surface area (Å²) in [5, 5.41) is 7.69. The maximum absolute atomic E-state index is 7.69. The van der Waals surface area contributed by atoms with E-state index in [-0.39, 0.29) is 0 Å². The van der Waals surface area contributed by atoms with Gasteiger partial charge < -0.3 is 15.3 Å². The standard InChI is InChI=1S/C18H21N5/c19-14-11-16-18(20-12-14)22-17(21-16)10-13-5-4-6-15(9-13)23-7-2-1-3-8-23/h4-6,9,12,19H,1-3,7-8,10-11H2,(H,21,22). The lowest BCUT2D eigenvalue weighted by Gasteiger charge is -2.29. The number of hydrogen-bond donors (Lipinski definition) is 2. The van der Waals surface area contributed by atoms with Gasteiger partial charge in [-0.05, 0) is 37.0 Å². The summed E-state index contributed by atoms with van der Waals surface area (Å²) in [5.74, 6) is 1.67. The zero-order chi connectivity index (χ0) is 15.6. The number of nitrogens with zero attached hydrogens (tertiary/aromatic N) is 3. The van der Waals surface area contributed by atoms with Crippen LogP contribution in [-0.4, -0.2) is 35.0 Å². The highest BCUT2D eigenvalue weighted by Gasteiger charge is 2.15. The normalized spacial score (nSPS) is 17.4. The fourth-order valence-electron chi connectivity index (χ4n) is 3.35. The Kier molecular flexibility index (Phi) is 3.69. The fraction of sp³-hybridized carbons (Fsp3) is 0.389. The second-order valence-electron chi connectivity index (χ2n) is 6.34. The minimum atomic E-state index is 0.528. The van der Waals surface area contributed by atoms with Crippen LogP contribution in [0.15, 0.2) is 29.3 Å². The number of rotatable bonds is 3. The maximum Gasteiger partial charge on any atom is 0.173 e. The van der Waals surface area contributed by atoms with Gasteiger partial charge in [0.05, 0.1) is 17.6 Å². The number of aliphatic imine (C=N–C) groups is 1. The van der Waals surface area contributed by atoms with Gasteiger partial charge in [0.2, 0.25) is 0 Å². The van der Waals surface area contributed by atoms with E-state index in [1.807, 2.05) is 0 Å². The molecule has 0 aliphatic carbocycles. The molecule has 118 valence electrons. The Morgan fingerprint density at radius 2 is 2.04 bits per heavy atom. The fourth-order valence-corrected chi connectivity index (χ4v) is 3.35. The molecule has 23 heavy (non-hydrogen) atoms. The molecule has 0 spiro atoms. The van der Waals surface area contributed by atoms with E-state index in [4.69, 9.17) is 5.41 Å². The highest BCUT2D eigenvalue weighted by molar-refractivity contribution is 6.31. The summed E-state index contributed by atoms with van der Waals surface area (Å²) in [6, 6.07) is 8.77. The summed E-state index contributed by atoms with van der Waals surface area (Å²) in [6.07, 6.45) is 6.89. The molecule has 5 heteroatoms. The second kappa shape index (κ2) is 5.99. The van der Waals surface area contributed by atoms with Crippen LogP contribution in [0.25, 0.3) is 0 Å². The van der Waals surface area contributed by atoms with Crippen LogP contribution < -0.4 is 4.90 Å². The average Bonchev–Trinajstić information content (AvgIpc) is 2.97. The molecule has 2 N–H and O–H groups in total. The SMILES string of the molecule is N=C1C=Nc2nc(Cc3cccc(N4CCCCC4)c3)[nH]c2C1. The van der Waals surface area contributed by atoms with Gasteiger partial charge in [0.25, 0.3) is 0 Å². The molecule has 1 aromatic heterocycles. The molecule has 5 nitrogen and oxygen atoms in total. The molecule has 0 unspecified atom stereocenters. The van der Waals surface area contributed by atoms with Gasteiger partial charge in [-0.2, -0.15) is 0 Å². The van der Waals surface area contributed by atoms with Crippen LogP contribution >= 0.6 is 0 Å². The molecule has 0 atom stereocenters. The van der Waals surface area contributed by atoms with E-state index in [1.165, 1.54) is 30.5 Å². The third kappa shape index (κ3) is 3.04. The van der Waals surface area contributed by atoms with Crippen LogP contribution in [-0.2, 0) is 12.8 Å². The Morgan fingerprint density at radius 1 is 1.17 bits per heavy atom. The van der Waals surface area contributed by atoms with E-state index < -0.39 is 0 Å². The zero-order valence-electron chi connectivity index (χ0n) is 13.2. The van der Waals surface area contributed by atoms with Crippen molar-refractivity contribution in [3.63, 3.8) is 0 Å². The molecule has 1 saturated heterocycles. The van der Waals surface area contributed by atoms with E-state index in [0.29, 0.717) is 12.1 Å². The number of H-pyrrole nitrogens is 1. The minimum absolute atomic E-state index is 0.528. The van der Waals surface area contributed by atoms with Gasteiger partial charge in [0, 0.05) is 31.6 Å². The van der Waals surface area contributed by atoms with E-state index in [0.717, 1.165) is 36.8 Å². The van der Waals surface area contributed by atoms with Gasteiger partial charge >= 0.3 is 0 Å². The third-order valence-corrected chi connectivity index (χ3v) is 4.52. The number of anilines is 1. The highest BCUT2D eigenvalue weighted by Crippen LogP contribution is 2.24. The number of piperidine rings is 1. The summed E-state index contributed by atoms with van der Waals surface area (Å²) < 4.78 is 0. The molecule has 2 aliphatic rings. The van der Waals surface area contributed by atoms with Crippen LogP contribution in [0.1, 0.15) is 36.3 Å². The Hall–Kier alpha value is -2.43. The summed E-state index contributed by atoms with van der Waals surface area (Å²) in [4.78, 5) is 14.6. The predicted octanol–water partition coefficient (Wildman–Crippen LogP) is 3.27. The van der Waals surface area contributed by atoms with Crippen LogP contribution in [0.2, 0.25) is 0 Å². The summed E-state index contributed by atoms with van der Waals surface area (Å²) in [5.41, 5.74) is 4.07. The maximum atomic E-state index is 7.69. The largest absolute Gasteiger partial charge is 0.372 e. The molecular formula is C18H21N5. The third-order valence-electron chi connectivity index (χ3n) is 4.52. The zero-order valence-corrected chi connectivity index (χ0v) is 13.2. The molecule has 3 heterocycles. The van der Waals surface area contributed by atoms with Crippen molar-refractivity contribution in [1.29, 1.82) is 5.41 Å². The van der Waals surface area contributed by atoms with Gasteiger partial charge in [0.1, 0.15) is 5.82 Å². The lowest BCUT2D eigenvalue weighted by Crippen LogP contribution is -2.29. The predicted molar refractivity (Wildman–Crippen MR) is 93.5 cm³/mol. The first-order valence-corrected chi connectivity index (χ1v) is 8.31. The topological polar surface area (TPSA) is 68.1 Å². The van der Waals surface area contributed by atoms with E-state index in [1.54, 1.807) is 6.21 Å². The van der Waals surface area contributed by atoms with E-state index in [9.17, 15) is 0 Å². The van der Waals surface area contributed by atoms with Gasteiger partial charge in [-0.3, -0.25) is 0 Å². The lowest BCUT2D eigenvalue weighted by atomic mass is 10.1. The first-order chi connectivity index (χ1) is 11.3. The molecular weight excluding hydrogens is 286 g/mol. The van der Waals surface area contributed by atoms with Crippen molar-refractivity contribution >= 4 is 23.4 Å². The Morgan fingerprint density at radius 3 is 2.91 bits per heavy atom. The van der Waals surface area contributed by atoms with Gasteiger partial charge in [0.15, 0.2) is 5.82 Å². The number of hydrogen-bond acceptors (Lipinski definition) is 4. The molecule has 0 bridgehead atoms. The van der Waals surface area contributed by atoms with Crippen molar-refractivity contribution in [2.24, 2.45) is 4.99 Å². The monoisotopic (exact) mass is 307 g/mol. The molecule has 2 aliphatic heterocycles. The van der Waals surface area contributed by atoms with Crippen molar-refractivity contribution < 1.29 is 0 Å². The van der Waals surface area contributed by atoms with Crippen LogP contribution in [0.5, 0.6) is 0 Å². The number of imidazole rings is 1. The number of fused-ring (bicyclic) bond motifs is 1. The number of nitrogens with one attached hydrogen (secondary N) is 2. The summed E-state index contributed by atoms with van der Waals surface area (Å²) in [7, 11) is 0. The van der Waals surface area contributed by atoms with Crippen molar-refractivity contribution in [2.45, 2.75) is 32.1 Å². The minimum Gasteiger partial charge on any atom is -0.372 e. The van der Waals surface area contributed by atoms with Crippen LogP contribution in [0.3, 0.4) is 0 Å². The summed E-state index contributed by atoms with van der Waals surface area (Å²) in [6.45, 7) is 2.32. The smallest absolute Gasteiger partial charge is 0.173 e. The lowest BCUT2D eigenvalue weighted by molar-refractivity contribution is 0.578. The first-order valence-electron chi connectivity index (χ1n) is 8.31.